The first kappa shape index (κ1) is 29.7. The third kappa shape index (κ3) is 4.50. The van der Waals surface area contributed by atoms with Gasteiger partial charge in [-0.1, -0.05) is 86.5 Å². The number of unbranched alkanes of at least 4 members (excludes halogenated alkanes) is 2. The molecule has 0 saturated carbocycles. The van der Waals surface area contributed by atoms with E-state index in [-0.39, 0.29) is 17.5 Å². The molecule has 1 N–H and O–H groups in total. The van der Waals surface area contributed by atoms with E-state index < -0.39 is 23.4 Å². The van der Waals surface area contributed by atoms with E-state index in [1.807, 2.05) is 79.7 Å². The summed E-state index contributed by atoms with van der Waals surface area (Å²) in [5, 5.41) is 3.12. The van der Waals surface area contributed by atoms with Crippen LogP contribution in [-0.2, 0) is 16.6 Å². The molecule has 232 valence electrons. The van der Waals surface area contributed by atoms with Crippen LogP contribution in [0, 0.1) is 5.92 Å². The fourth-order valence-electron chi connectivity index (χ4n) is 7.91. The number of rotatable bonds is 9. The number of Topliss-reactive ketones (excluding diaryl/α,β-unsaturated/α-hetero) is 2. The third-order valence-corrected chi connectivity index (χ3v) is 10.1. The van der Waals surface area contributed by atoms with Crippen molar-refractivity contribution in [1.29, 1.82) is 0 Å². The monoisotopic (exact) mass is 610 g/mol. The Morgan fingerprint density at radius 3 is 2.26 bits per heavy atom. The lowest BCUT2D eigenvalue weighted by Crippen LogP contribution is -2.51. The van der Waals surface area contributed by atoms with Crippen LogP contribution in [0.3, 0.4) is 0 Å². The predicted octanol–water partition coefficient (Wildman–Crippen LogP) is 7.67. The lowest BCUT2D eigenvalue weighted by atomic mass is 9.64. The molecule has 0 bridgehead atoms. The van der Waals surface area contributed by atoms with E-state index in [2.05, 4.69) is 23.2 Å². The van der Waals surface area contributed by atoms with Crippen LogP contribution in [0.25, 0.3) is 5.57 Å². The molecule has 0 aliphatic carbocycles. The van der Waals surface area contributed by atoms with Crippen LogP contribution >= 0.6 is 0 Å². The third-order valence-electron chi connectivity index (χ3n) is 10.1. The van der Waals surface area contributed by atoms with Crippen molar-refractivity contribution in [2.45, 2.75) is 57.0 Å². The van der Waals surface area contributed by atoms with Crippen LogP contribution in [0.1, 0.15) is 70.5 Å². The molecule has 0 aromatic heterocycles. The number of benzene rings is 4. The first-order valence-corrected chi connectivity index (χ1v) is 16.2. The Morgan fingerprint density at radius 1 is 0.848 bits per heavy atom. The zero-order valence-electron chi connectivity index (χ0n) is 26.5. The van der Waals surface area contributed by atoms with Crippen molar-refractivity contribution in [3.05, 3.63) is 131 Å². The number of methoxy groups -OCH3 is 1. The van der Waals surface area contributed by atoms with Crippen molar-refractivity contribution in [2.24, 2.45) is 5.92 Å². The molecule has 4 aromatic carbocycles. The second-order valence-electron chi connectivity index (χ2n) is 12.6. The average Bonchev–Trinajstić information content (AvgIpc) is 3.56. The molecule has 1 amide bonds. The topological polar surface area (TPSA) is 75.7 Å². The van der Waals surface area contributed by atoms with E-state index in [4.69, 9.17) is 4.74 Å². The molecule has 4 aromatic rings. The molecule has 3 aliphatic rings. The van der Waals surface area contributed by atoms with Gasteiger partial charge in [-0.15, -0.1) is 0 Å². The van der Waals surface area contributed by atoms with Crippen molar-refractivity contribution in [3.8, 4) is 5.75 Å². The fraction of sp³-hybridized carbons (Fsp3) is 0.275. The summed E-state index contributed by atoms with van der Waals surface area (Å²) in [6.45, 7) is 4.22. The number of para-hydroxylation sites is 2. The molecule has 7 rings (SSSR count). The van der Waals surface area contributed by atoms with E-state index >= 15 is 4.79 Å². The number of allylic oxidation sites excluding steroid dienone is 1. The molecule has 46 heavy (non-hydrogen) atoms. The van der Waals surface area contributed by atoms with Crippen LogP contribution in [0.15, 0.2) is 103 Å². The van der Waals surface area contributed by atoms with Crippen molar-refractivity contribution < 1.29 is 19.1 Å². The second-order valence-corrected chi connectivity index (χ2v) is 12.6. The molecule has 3 aliphatic heterocycles. The van der Waals surface area contributed by atoms with Gasteiger partial charge in [-0.3, -0.25) is 14.4 Å². The number of aryl methyl sites for hydroxylation is 1. The summed E-state index contributed by atoms with van der Waals surface area (Å²) in [6.07, 6.45) is 6.42. The Balaban J connectivity index is 1.45. The number of hydrogen-bond acceptors (Lipinski definition) is 5. The maximum absolute atomic E-state index is 15.1. The fourth-order valence-corrected chi connectivity index (χ4v) is 7.91. The molecule has 4 atom stereocenters. The highest BCUT2D eigenvalue weighted by atomic mass is 16.5. The zero-order chi connectivity index (χ0) is 32.0. The minimum atomic E-state index is -1.34. The molecule has 0 radical (unpaired) electrons. The Hall–Kier alpha value is -4.97. The Bertz CT molecular complexity index is 1860. The smallest absolute Gasteiger partial charge is 0.238 e. The van der Waals surface area contributed by atoms with Crippen molar-refractivity contribution in [2.75, 3.05) is 17.3 Å². The van der Waals surface area contributed by atoms with Crippen LogP contribution in [0.4, 0.5) is 11.4 Å². The van der Waals surface area contributed by atoms with Crippen LogP contribution in [-0.4, -0.2) is 36.7 Å². The van der Waals surface area contributed by atoms with Crippen LogP contribution < -0.4 is 15.0 Å². The molecular formula is C40H38N2O4. The van der Waals surface area contributed by atoms with E-state index in [1.165, 1.54) is 5.56 Å². The summed E-state index contributed by atoms with van der Waals surface area (Å²) in [4.78, 5) is 46.7. The summed E-state index contributed by atoms with van der Waals surface area (Å²) >= 11 is 0. The second kappa shape index (κ2) is 11.8. The quantitative estimate of drug-likeness (QED) is 0.155. The van der Waals surface area contributed by atoms with Gasteiger partial charge in [-0.2, -0.15) is 0 Å². The number of nitrogens with one attached hydrogen (secondary N) is 1. The summed E-state index contributed by atoms with van der Waals surface area (Å²) < 4.78 is 5.37. The highest BCUT2D eigenvalue weighted by Crippen LogP contribution is 2.58. The van der Waals surface area contributed by atoms with Gasteiger partial charge in [0, 0.05) is 28.1 Å². The molecule has 1 saturated heterocycles. The largest absolute Gasteiger partial charge is 0.497 e. The average molecular weight is 611 g/mol. The van der Waals surface area contributed by atoms with Gasteiger partial charge in [0.1, 0.15) is 17.2 Å². The van der Waals surface area contributed by atoms with E-state index in [0.717, 1.165) is 48.1 Å². The van der Waals surface area contributed by atoms with Gasteiger partial charge in [-0.05, 0) is 72.9 Å². The molecule has 1 spiro atoms. The van der Waals surface area contributed by atoms with Gasteiger partial charge in [0.25, 0.3) is 0 Å². The molecule has 4 unspecified atom stereocenters. The molecule has 1 fully saturated rings. The first-order chi connectivity index (χ1) is 22.4. The van der Waals surface area contributed by atoms with Crippen molar-refractivity contribution in [1.82, 2.24) is 0 Å². The number of fused-ring (bicyclic) bond motifs is 6. The normalized spacial score (nSPS) is 22.5. The number of ketones is 2. The summed E-state index contributed by atoms with van der Waals surface area (Å²) in [7, 11) is 1.58. The number of nitrogens with zero attached hydrogens (tertiary/aromatic N) is 1. The first-order valence-electron chi connectivity index (χ1n) is 16.2. The number of carbonyl (C=O) groups excluding carboxylic acids is 3. The summed E-state index contributed by atoms with van der Waals surface area (Å²) in [5.74, 6) is -1.05. The maximum atomic E-state index is 15.1. The minimum absolute atomic E-state index is 0.209. The highest BCUT2D eigenvalue weighted by molar-refractivity contribution is 6.18. The van der Waals surface area contributed by atoms with E-state index in [9.17, 15) is 9.59 Å². The van der Waals surface area contributed by atoms with Gasteiger partial charge in [0.05, 0.1) is 19.1 Å². The van der Waals surface area contributed by atoms with Gasteiger partial charge < -0.3 is 15.0 Å². The summed E-state index contributed by atoms with van der Waals surface area (Å²) in [6, 6.07) is 28.8. The molecular weight excluding hydrogens is 572 g/mol. The Labute approximate surface area is 270 Å². The molecule has 3 heterocycles. The lowest BCUT2D eigenvalue weighted by Gasteiger charge is -2.39. The molecule has 6 nitrogen and oxygen atoms in total. The Kier molecular flexibility index (Phi) is 7.59. The number of hydrogen-bond donors (Lipinski definition) is 1. The van der Waals surface area contributed by atoms with Crippen molar-refractivity contribution in [3.63, 3.8) is 0 Å². The Morgan fingerprint density at radius 2 is 1.52 bits per heavy atom. The number of amides is 1. The van der Waals surface area contributed by atoms with Gasteiger partial charge in [0.2, 0.25) is 5.91 Å². The van der Waals surface area contributed by atoms with Crippen LogP contribution in [0.5, 0.6) is 5.75 Å². The van der Waals surface area contributed by atoms with Gasteiger partial charge >= 0.3 is 0 Å². The van der Waals surface area contributed by atoms with Gasteiger partial charge in [0.15, 0.2) is 11.6 Å². The maximum Gasteiger partial charge on any atom is 0.238 e. The highest BCUT2D eigenvalue weighted by Gasteiger charge is 2.70. The number of anilines is 2. The predicted molar refractivity (Wildman–Crippen MR) is 182 cm³/mol. The summed E-state index contributed by atoms with van der Waals surface area (Å²) in [5.41, 5.74) is 5.06. The zero-order valence-corrected chi connectivity index (χ0v) is 26.5. The van der Waals surface area contributed by atoms with E-state index in [1.54, 1.807) is 31.4 Å². The minimum Gasteiger partial charge on any atom is -0.497 e. The standard InChI is InChI=1S/C40H38N2O4/c1-4-5-6-11-26-16-18-27(19-17-26)37(43)35-36(38(44)28-20-22-29(46-3)23-21-28)42-33-15-10-7-12-30(33)25(2)24-34(42)40(35)31-13-8-9-14-32(31)41-39(40)45/h7-10,12-24,34-36H,4-6,11H2,1-3H3,(H,41,45). The van der Waals surface area contributed by atoms with Crippen molar-refractivity contribution >= 4 is 34.4 Å². The van der Waals surface area contributed by atoms with Crippen LogP contribution in [0.2, 0.25) is 0 Å². The molecule has 6 heteroatoms. The lowest BCUT2D eigenvalue weighted by molar-refractivity contribution is -0.121. The number of ether oxygens (including phenoxy) is 1. The van der Waals surface area contributed by atoms with E-state index in [0.29, 0.717) is 22.6 Å². The van der Waals surface area contributed by atoms with Gasteiger partial charge in [-0.25, -0.2) is 0 Å². The number of carbonyl (C=O) groups is 3. The SMILES string of the molecule is CCCCCc1ccc(C(=O)C2C(C(=O)c3ccc(OC)cc3)N3c4ccccc4C(C)=CC3C23C(=O)Nc2ccccc23)cc1.